The van der Waals surface area contributed by atoms with Crippen molar-refractivity contribution in [2.45, 2.75) is 0 Å². The highest BCUT2D eigenvalue weighted by molar-refractivity contribution is 6.29. The number of halogens is 1. The third-order valence-electron chi connectivity index (χ3n) is 4.96. The minimum atomic E-state index is -0.378. The Bertz CT molecular complexity index is 890. The molecule has 10 nitrogen and oxygen atoms in total. The molecule has 4 rings (SSSR count). The van der Waals surface area contributed by atoms with Crippen molar-refractivity contribution in [3.05, 3.63) is 35.2 Å². The van der Waals surface area contributed by atoms with Crippen LogP contribution in [0.25, 0.3) is 0 Å². The molecule has 0 aliphatic carbocycles. The molecule has 0 unspecified atom stereocenters. The largest absolute Gasteiger partial charge is 0.476 e. The van der Waals surface area contributed by atoms with Crippen LogP contribution in [-0.4, -0.2) is 91.5 Å². The summed E-state index contributed by atoms with van der Waals surface area (Å²) in [4.78, 5) is 30.0. The standard InChI is InChI=1S/C20H25ClN6O4/c21-17-13-15(1-2-22-17)23-19(28)16-14-18(31-12-5-26-3-8-29-9-4-26)25-20(24-16)27-6-10-30-11-7-27/h1-2,13-14H,3-12H2,(H,22,23,28). The Balaban J connectivity index is 1.48. The monoisotopic (exact) mass is 448 g/mol. The zero-order chi connectivity index (χ0) is 21.5. The number of carbonyl (C=O) groups excluding carboxylic acids is 1. The van der Waals surface area contributed by atoms with Crippen LogP contribution in [-0.2, 0) is 9.47 Å². The summed E-state index contributed by atoms with van der Waals surface area (Å²) >= 11 is 5.91. The van der Waals surface area contributed by atoms with Crippen LogP contribution in [0, 0.1) is 0 Å². The zero-order valence-electron chi connectivity index (χ0n) is 17.1. The first-order valence-corrected chi connectivity index (χ1v) is 10.6. The highest BCUT2D eigenvalue weighted by Gasteiger charge is 2.19. The van der Waals surface area contributed by atoms with Crippen LogP contribution in [0.15, 0.2) is 24.4 Å². The fourth-order valence-corrected chi connectivity index (χ4v) is 3.46. The molecule has 1 amide bonds. The van der Waals surface area contributed by atoms with Gasteiger partial charge in [0.15, 0.2) is 0 Å². The van der Waals surface area contributed by atoms with E-state index in [9.17, 15) is 4.79 Å². The van der Waals surface area contributed by atoms with Crippen LogP contribution in [0.4, 0.5) is 11.6 Å². The third-order valence-corrected chi connectivity index (χ3v) is 5.17. The van der Waals surface area contributed by atoms with Crippen LogP contribution in [0.1, 0.15) is 10.5 Å². The Morgan fingerprint density at radius 1 is 1.10 bits per heavy atom. The summed E-state index contributed by atoms with van der Waals surface area (Å²) in [5.74, 6) is 0.435. The Morgan fingerprint density at radius 3 is 2.58 bits per heavy atom. The van der Waals surface area contributed by atoms with E-state index in [0.717, 1.165) is 32.8 Å². The number of morpholine rings is 2. The molecule has 1 N–H and O–H groups in total. The summed E-state index contributed by atoms with van der Waals surface area (Å²) in [6.07, 6.45) is 1.53. The minimum absolute atomic E-state index is 0.214. The molecule has 2 aromatic rings. The average molecular weight is 449 g/mol. The van der Waals surface area contributed by atoms with Gasteiger partial charge in [0.1, 0.15) is 17.5 Å². The van der Waals surface area contributed by atoms with Crippen LogP contribution < -0.4 is 15.0 Å². The van der Waals surface area contributed by atoms with Crippen LogP contribution in [0.3, 0.4) is 0 Å². The third kappa shape index (κ3) is 6.23. The van der Waals surface area contributed by atoms with Crippen LogP contribution in [0.5, 0.6) is 5.88 Å². The second-order valence-corrected chi connectivity index (χ2v) is 7.50. The maximum Gasteiger partial charge on any atom is 0.274 e. The Hall–Kier alpha value is -2.53. The van der Waals surface area contributed by atoms with Crippen molar-refractivity contribution >= 4 is 29.1 Å². The molecule has 0 saturated carbocycles. The predicted octanol–water partition coefficient (Wildman–Crippen LogP) is 1.32. The predicted molar refractivity (Wildman–Crippen MR) is 115 cm³/mol. The van der Waals surface area contributed by atoms with E-state index in [1.807, 2.05) is 4.90 Å². The molecule has 31 heavy (non-hydrogen) atoms. The van der Waals surface area contributed by atoms with Crippen LogP contribution in [0.2, 0.25) is 5.15 Å². The van der Waals surface area contributed by atoms with E-state index in [0.29, 0.717) is 55.6 Å². The molecule has 0 spiro atoms. The Morgan fingerprint density at radius 2 is 1.84 bits per heavy atom. The van der Waals surface area contributed by atoms with E-state index in [4.69, 9.17) is 25.8 Å². The van der Waals surface area contributed by atoms with Gasteiger partial charge in [0.25, 0.3) is 5.91 Å². The molecule has 2 aliphatic rings. The van der Waals surface area contributed by atoms with Crippen molar-refractivity contribution in [1.82, 2.24) is 19.9 Å². The summed E-state index contributed by atoms with van der Waals surface area (Å²) in [6, 6.07) is 4.79. The molecule has 11 heteroatoms. The Labute approximate surface area is 185 Å². The average Bonchev–Trinajstić information content (AvgIpc) is 2.80. The number of ether oxygens (including phenoxy) is 3. The fraction of sp³-hybridized carbons (Fsp3) is 0.500. The molecule has 0 aromatic carbocycles. The molecular formula is C20H25ClN6O4. The maximum absolute atomic E-state index is 12.8. The lowest BCUT2D eigenvalue weighted by Gasteiger charge is -2.27. The van der Waals surface area contributed by atoms with Gasteiger partial charge in [-0.05, 0) is 12.1 Å². The van der Waals surface area contributed by atoms with Crippen molar-refractivity contribution in [3.63, 3.8) is 0 Å². The van der Waals surface area contributed by atoms with Crippen molar-refractivity contribution in [1.29, 1.82) is 0 Å². The summed E-state index contributed by atoms with van der Waals surface area (Å²) < 4.78 is 16.7. The first-order valence-electron chi connectivity index (χ1n) is 10.2. The second kappa shape index (κ2) is 10.7. The van der Waals surface area contributed by atoms with Gasteiger partial charge >= 0.3 is 0 Å². The summed E-state index contributed by atoms with van der Waals surface area (Å²) in [5, 5.41) is 3.08. The molecule has 2 aliphatic heterocycles. The lowest BCUT2D eigenvalue weighted by molar-refractivity contribution is 0.0320. The van der Waals surface area contributed by atoms with Crippen molar-refractivity contribution in [2.75, 3.05) is 76.0 Å². The maximum atomic E-state index is 12.8. The molecule has 0 radical (unpaired) electrons. The number of pyridine rings is 1. The number of amides is 1. The quantitative estimate of drug-likeness (QED) is 0.628. The van der Waals surface area contributed by atoms with E-state index >= 15 is 0 Å². The van der Waals surface area contributed by atoms with E-state index in [-0.39, 0.29) is 11.6 Å². The van der Waals surface area contributed by atoms with Crippen molar-refractivity contribution in [3.8, 4) is 5.88 Å². The number of rotatable bonds is 7. The van der Waals surface area contributed by atoms with Gasteiger partial charge in [-0.2, -0.15) is 4.98 Å². The summed E-state index contributed by atoms with van der Waals surface area (Å²) in [5.41, 5.74) is 0.747. The minimum Gasteiger partial charge on any atom is -0.476 e. The summed E-state index contributed by atoms with van der Waals surface area (Å²) in [6.45, 7) is 6.93. The highest BCUT2D eigenvalue weighted by Crippen LogP contribution is 2.19. The van der Waals surface area contributed by atoms with Crippen molar-refractivity contribution < 1.29 is 19.0 Å². The number of aromatic nitrogens is 3. The molecule has 4 heterocycles. The molecule has 2 fully saturated rings. The lowest BCUT2D eigenvalue weighted by Crippen LogP contribution is -2.39. The molecule has 166 valence electrons. The normalized spacial score (nSPS) is 17.4. The molecular weight excluding hydrogens is 424 g/mol. The second-order valence-electron chi connectivity index (χ2n) is 7.11. The van der Waals surface area contributed by atoms with Gasteiger partial charge in [0.2, 0.25) is 11.8 Å². The topological polar surface area (TPSA) is 102 Å². The van der Waals surface area contributed by atoms with E-state index < -0.39 is 0 Å². The van der Waals surface area contributed by atoms with Gasteiger partial charge in [-0.15, -0.1) is 0 Å². The first kappa shape index (κ1) is 21.7. The number of anilines is 2. The first-order chi connectivity index (χ1) is 15.2. The molecule has 0 bridgehead atoms. The highest BCUT2D eigenvalue weighted by atomic mass is 35.5. The van der Waals surface area contributed by atoms with Gasteiger partial charge in [0.05, 0.1) is 26.4 Å². The van der Waals surface area contributed by atoms with Crippen molar-refractivity contribution in [2.24, 2.45) is 0 Å². The molecule has 2 saturated heterocycles. The fourth-order valence-electron chi connectivity index (χ4n) is 3.29. The van der Waals surface area contributed by atoms with Gasteiger partial charge in [-0.25, -0.2) is 9.97 Å². The number of hydrogen-bond acceptors (Lipinski definition) is 9. The van der Waals surface area contributed by atoms with Gasteiger partial charge in [0, 0.05) is 50.7 Å². The number of nitrogens with zero attached hydrogens (tertiary/aromatic N) is 5. The van der Waals surface area contributed by atoms with E-state index in [1.54, 1.807) is 18.2 Å². The van der Waals surface area contributed by atoms with Gasteiger partial charge in [-0.3, -0.25) is 9.69 Å². The SMILES string of the molecule is O=C(Nc1ccnc(Cl)c1)c1cc(OCCN2CCOCC2)nc(N2CCOCC2)n1. The van der Waals surface area contributed by atoms with E-state index in [1.165, 1.54) is 6.20 Å². The number of carbonyl (C=O) groups is 1. The number of nitrogens with one attached hydrogen (secondary N) is 1. The smallest absolute Gasteiger partial charge is 0.274 e. The van der Waals surface area contributed by atoms with Crippen LogP contribution >= 0.6 is 11.6 Å². The van der Waals surface area contributed by atoms with Gasteiger partial charge in [-0.1, -0.05) is 11.6 Å². The lowest BCUT2D eigenvalue weighted by atomic mass is 10.3. The number of hydrogen-bond donors (Lipinski definition) is 1. The zero-order valence-corrected chi connectivity index (χ0v) is 17.9. The molecule has 0 atom stereocenters. The van der Waals surface area contributed by atoms with Gasteiger partial charge < -0.3 is 24.4 Å². The Kier molecular flexibility index (Phi) is 7.47. The summed E-state index contributed by atoms with van der Waals surface area (Å²) in [7, 11) is 0. The molecule has 2 aromatic heterocycles. The van der Waals surface area contributed by atoms with E-state index in [2.05, 4.69) is 25.2 Å².